The van der Waals surface area contributed by atoms with Crippen LogP contribution in [0.25, 0.3) is 0 Å². The van der Waals surface area contributed by atoms with E-state index in [0.717, 1.165) is 26.2 Å². The Balaban J connectivity index is 1.84. The van der Waals surface area contributed by atoms with Gasteiger partial charge in [0.1, 0.15) is 0 Å². The van der Waals surface area contributed by atoms with Gasteiger partial charge in [0.05, 0.1) is 12.7 Å². The largest absolute Gasteiger partial charge is 0.377 e. The lowest BCUT2D eigenvalue weighted by atomic mass is 10.2. The van der Waals surface area contributed by atoms with Gasteiger partial charge < -0.3 is 15.0 Å². The first kappa shape index (κ1) is 14.9. The Morgan fingerprint density at radius 3 is 2.71 bits per heavy atom. The third kappa shape index (κ3) is 7.74. The van der Waals surface area contributed by atoms with Crippen LogP contribution in [-0.4, -0.2) is 50.3 Å². The predicted octanol–water partition coefficient (Wildman–Crippen LogP) is 2.27. The third-order valence-electron chi connectivity index (χ3n) is 3.40. The number of likely N-dealkylation sites (tertiary alicyclic amines) is 1. The molecular formula is C14H30N2O. The van der Waals surface area contributed by atoms with Crippen LogP contribution in [0.5, 0.6) is 0 Å². The average molecular weight is 242 g/mol. The van der Waals surface area contributed by atoms with E-state index in [9.17, 15) is 0 Å². The smallest absolute Gasteiger partial charge is 0.0597 e. The van der Waals surface area contributed by atoms with E-state index in [1.165, 1.54) is 45.2 Å². The number of hydrogen-bond donors (Lipinski definition) is 1. The minimum atomic E-state index is 0.418. The molecule has 0 bridgehead atoms. The summed E-state index contributed by atoms with van der Waals surface area (Å²) in [6.45, 7) is 11.3. The van der Waals surface area contributed by atoms with Crippen LogP contribution in [-0.2, 0) is 4.74 Å². The second kappa shape index (κ2) is 9.86. The summed E-state index contributed by atoms with van der Waals surface area (Å²) in [6.07, 6.45) is 6.79. The zero-order valence-electron chi connectivity index (χ0n) is 11.7. The average Bonchev–Trinajstić information content (AvgIpc) is 2.82. The highest BCUT2D eigenvalue weighted by atomic mass is 16.5. The molecule has 0 aliphatic carbocycles. The molecule has 0 radical (unpaired) electrons. The van der Waals surface area contributed by atoms with Gasteiger partial charge in [-0.15, -0.1) is 0 Å². The van der Waals surface area contributed by atoms with Gasteiger partial charge >= 0.3 is 0 Å². The summed E-state index contributed by atoms with van der Waals surface area (Å²) in [7, 11) is 0. The van der Waals surface area contributed by atoms with Crippen molar-refractivity contribution in [2.24, 2.45) is 0 Å². The Morgan fingerprint density at radius 2 is 2.00 bits per heavy atom. The quantitative estimate of drug-likeness (QED) is 0.595. The number of ether oxygens (including phenoxy) is 1. The van der Waals surface area contributed by atoms with Crippen molar-refractivity contribution in [2.75, 3.05) is 39.3 Å². The maximum absolute atomic E-state index is 5.84. The molecule has 0 aromatic carbocycles. The fraction of sp³-hybridized carbons (Fsp3) is 1.00. The van der Waals surface area contributed by atoms with Crippen LogP contribution in [0.1, 0.15) is 46.0 Å². The normalized spacial score (nSPS) is 18.7. The number of nitrogens with one attached hydrogen (secondary N) is 1. The molecule has 1 saturated heterocycles. The van der Waals surface area contributed by atoms with Gasteiger partial charge in [-0.3, -0.25) is 0 Å². The molecule has 1 unspecified atom stereocenters. The molecule has 1 N–H and O–H groups in total. The number of rotatable bonds is 10. The third-order valence-corrected chi connectivity index (χ3v) is 3.40. The summed E-state index contributed by atoms with van der Waals surface area (Å²) >= 11 is 0. The second-order valence-electron chi connectivity index (χ2n) is 5.12. The van der Waals surface area contributed by atoms with Crippen molar-refractivity contribution in [3.8, 4) is 0 Å². The van der Waals surface area contributed by atoms with E-state index < -0.39 is 0 Å². The fourth-order valence-corrected chi connectivity index (χ4v) is 2.29. The Labute approximate surface area is 107 Å². The Kier molecular flexibility index (Phi) is 8.67. The Hall–Kier alpha value is -0.120. The highest BCUT2D eigenvalue weighted by molar-refractivity contribution is 4.65. The summed E-state index contributed by atoms with van der Waals surface area (Å²) < 4.78 is 5.84. The molecule has 0 amide bonds. The van der Waals surface area contributed by atoms with Crippen molar-refractivity contribution in [1.29, 1.82) is 0 Å². The number of hydrogen-bond acceptors (Lipinski definition) is 3. The minimum absolute atomic E-state index is 0.418. The summed E-state index contributed by atoms with van der Waals surface area (Å²) in [6, 6.07) is 0. The van der Waals surface area contributed by atoms with E-state index in [0.29, 0.717) is 6.10 Å². The molecule has 1 heterocycles. The number of nitrogens with zero attached hydrogens (tertiary/aromatic N) is 1. The standard InChI is InChI=1S/C14H30N2O/c1-3-8-15-9-6-7-14(2)17-13-12-16-10-4-5-11-16/h14-15H,3-13H2,1-2H3. The molecule has 0 aromatic heterocycles. The minimum Gasteiger partial charge on any atom is -0.377 e. The molecule has 3 nitrogen and oxygen atoms in total. The van der Waals surface area contributed by atoms with E-state index >= 15 is 0 Å². The lowest BCUT2D eigenvalue weighted by Crippen LogP contribution is -2.26. The lowest BCUT2D eigenvalue weighted by molar-refractivity contribution is 0.0461. The van der Waals surface area contributed by atoms with E-state index in [1.807, 2.05) is 0 Å². The first-order chi connectivity index (χ1) is 8.33. The van der Waals surface area contributed by atoms with Crippen molar-refractivity contribution >= 4 is 0 Å². The van der Waals surface area contributed by atoms with Gasteiger partial charge in [-0.1, -0.05) is 6.92 Å². The van der Waals surface area contributed by atoms with Crippen molar-refractivity contribution in [3.05, 3.63) is 0 Å². The summed E-state index contributed by atoms with van der Waals surface area (Å²) in [5.74, 6) is 0. The molecule has 1 aliphatic heterocycles. The van der Waals surface area contributed by atoms with Crippen LogP contribution in [0.15, 0.2) is 0 Å². The maximum Gasteiger partial charge on any atom is 0.0597 e. The van der Waals surface area contributed by atoms with Crippen molar-refractivity contribution < 1.29 is 4.74 Å². The fourth-order valence-electron chi connectivity index (χ4n) is 2.29. The molecule has 0 aromatic rings. The highest BCUT2D eigenvalue weighted by Gasteiger charge is 2.11. The van der Waals surface area contributed by atoms with E-state index in [1.54, 1.807) is 0 Å². The van der Waals surface area contributed by atoms with Gasteiger partial charge in [0.2, 0.25) is 0 Å². The summed E-state index contributed by atoms with van der Waals surface area (Å²) in [4.78, 5) is 2.51. The lowest BCUT2D eigenvalue weighted by Gasteiger charge is -2.17. The van der Waals surface area contributed by atoms with E-state index in [-0.39, 0.29) is 0 Å². The molecule has 1 fully saturated rings. The predicted molar refractivity (Wildman–Crippen MR) is 73.5 cm³/mol. The van der Waals surface area contributed by atoms with Crippen LogP contribution in [0, 0.1) is 0 Å². The Bertz CT molecular complexity index is 170. The zero-order valence-corrected chi connectivity index (χ0v) is 11.7. The molecule has 3 heteroatoms. The van der Waals surface area contributed by atoms with E-state index in [4.69, 9.17) is 4.74 Å². The maximum atomic E-state index is 5.84. The Morgan fingerprint density at radius 1 is 1.24 bits per heavy atom. The highest BCUT2D eigenvalue weighted by Crippen LogP contribution is 2.07. The van der Waals surface area contributed by atoms with Gasteiger partial charge in [-0.2, -0.15) is 0 Å². The molecule has 0 spiro atoms. The molecule has 1 aliphatic rings. The second-order valence-corrected chi connectivity index (χ2v) is 5.12. The monoisotopic (exact) mass is 242 g/mol. The summed E-state index contributed by atoms with van der Waals surface area (Å²) in [5.41, 5.74) is 0. The van der Waals surface area contributed by atoms with Gasteiger partial charge in [0.15, 0.2) is 0 Å². The van der Waals surface area contributed by atoms with Gasteiger partial charge in [0.25, 0.3) is 0 Å². The van der Waals surface area contributed by atoms with Gasteiger partial charge in [-0.05, 0) is 65.2 Å². The molecule has 17 heavy (non-hydrogen) atoms. The van der Waals surface area contributed by atoms with Crippen molar-refractivity contribution in [2.45, 2.75) is 52.1 Å². The van der Waals surface area contributed by atoms with Crippen molar-refractivity contribution in [1.82, 2.24) is 10.2 Å². The van der Waals surface area contributed by atoms with Crippen LogP contribution in [0.3, 0.4) is 0 Å². The van der Waals surface area contributed by atoms with Crippen molar-refractivity contribution in [3.63, 3.8) is 0 Å². The van der Waals surface area contributed by atoms with Crippen LogP contribution in [0.2, 0.25) is 0 Å². The SMILES string of the molecule is CCCNCCCC(C)OCCN1CCCC1. The molecule has 0 saturated carbocycles. The van der Waals surface area contributed by atoms with Crippen LogP contribution >= 0.6 is 0 Å². The van der Waals surface area contributed by atoms with Gasteiger partial charge in [-0.25, -0.2) is 0 Å². The first-order valence-electron chi connectivity index (χ1n) is 7.37. The first-order valence-corrected chi connectivity index (χ1v) is 7.37. The van der Waals surface area contributed by atoms with Crippen LogP contribution in [0.4, 0.5) is 0 Å². The van der Waals surface area contributed by atoms with Crippen LogP contribution < -0.4 is 5.32 Å². The summed E-state index contributed by atoms with van der Waals surface area (Å²) in [5, 5.41) is 3.43. The molecular weight excluding hydrogens is 212 g/mol. The topological polar surface area (TPSA) is 24.5 Å². The zero-order chi connectivity index (χ0) is 12.3. The molecule has 1 rings (SSSR count). The van der Waals surface area contributed by atoms with E-state index in [2.05, 4.69) is 24.1 Å². The van der Waals surface area contributed by atoms with Gasteiger partial charge in [0, 0.05) is 6.54 Å². The molecule has 1 atom stereocenters. The molecule has 102 valence electrons.